The molecule has 0 atom stereocenters. The van der Waals surface area contributed by atoms with E-state index in [4.69, 9.17) is 4.74 Å². The first-order valence-corrected chi connectivity index (χ1v) is 7.55. The van der Waals surface area contributed by atoms with Gasteiger partial charge in [0.05, 0.1) is 24.2 Å². The van der Waals surface area contributed by atoms with Gasteiger partial charge in [0.15, 0.2) is 0 Å². The first kappa shape index (κ1) is 14.0. The molecule has 1 aromatic carbocycles. The number of ether oxygens (including phenoxy) is 1. The number of carbonyl (C=O) groups excluding carboxylic acids is 1. The van der Waals surface area contributed by atoms with Crippen molar-refractivity contribution in [2.75, 3.05) is 26.3 Å². The van der Waals surface area contributed by atoms with E-state index in [9.17, 15) is 9.59 Å². The van der Waals surface area contributed by atoms with Crippen molar-refractivity contribution in [3.8, 4) is 0 Å². The second-order valence-corrected chi connectivity index (χ2v) is 5.62. The summed E-state index contributed by atoms with van der Waals surface area (Å²) >= 11 is 0. The summed E-state index contributed by atoms with van der Waals surface area (Å²) in [6.45, 7) is 2.15. The van der Waals surface area contributed by atoms with Gasteiger partial charge in [0, 0.05) is 20.1 Å². The van der Waals surface area contributed by atoms with E-state index in [0.717, 1.165) is 11.0 Å². The van der Waals surface area contributed by atoms with Gasteiger partial charge < -0.3 is 14.2 Å². The molecule has 23 heavy (non-hydrogen) atoms. The molecule has 120 valence electrons. The third-order valence-electron chi connectivity index (χ3n) is 4.26. The van der Waals surface area contributed by atoms with Gasteiger partial charge in [0.1, 0.15) is 6.54 Å². The highest BCUT2D eigenvalue weighted by atomic mass is 16.5. The Morgan fingerprint density at radius 1 is 1.22 bits per heavy atom. The zero-order chi connectivity index (χ0) is 16.0. The molecule has 4 rings (SSSR count). The van der Waals surface area contributed by atoms with E-state index in [0.29, 0.717) is 32.1 Å². The lowest BCUT2D eigenvalue weighted by molar-refractivity contribution is -0.136. The van der Waals surface area contributed by atoms with Crippen LogP contribution in [0.15, 0.2) is 29.1 Å². The van der Waals surface area contributed by atoms with Crippen LogP contribution in [0.25, 0.3) is 16.8 Å². The zero-order valence-corrected chi connectivity index (χ0v) is 12.8. The molecule has 1 aliphatic heterocycles. The van der Waals surface area contributed by atoms with E-state index < -0.39 is 0 Å². The lowest BCUT2D eigenvalue weighted by Crippen LogP contribution is -2.43. The molecule has 1 aliphatic rings. The Hall–Kier alpha value is -2.61. The van der Waals surface area contributed by atoms with Crippen molar-refractivity contribution in [1.29, 1.82) is 0 Å². The number of benzene rings is 1. The van der Waals surface area contributed by atoms with Crippen LogP contribution in [0.1, 0.15) is 0 Å². The van der Waals surface area contributed by atoms with Gasteiger partial charge in [0.2, 0.25) is 11.7 Å². The summed E-state index contributed by atoms with van der Waals surface area (Å²) in [7, 11) is 1.86. The maximum absolute atomic E-state index is 12.6. The molecule has 2 aromatic heterocycles. The largest absolute Gasteiger partial charge is 0.378 e. The summed E-state index contributed by atoms with van der Waals surface area (Å²) in [5, 5.41) is 4.34. The van der Waals surface area contributed by atoms with Gasteiger partial charge in [-0.15, -0.1) is 5.10 Å². The van der Waals surface area contributed by atoms with E-state index in [1.54, 1.807) is 9.30 Å². The highest BCUT2D eigenvalue weighted by Gasteiger charge is 2.21. The topological polar surface area (TPSA) is 73.8 Å². The molecular weight excluding hydrogens is 298 g/mol. The van der Waals surface area contributed by atoms with E-state index in [2.05, 4.69) is 5.10 Å². The number of imidazole rings is 1. The number of morpholine rings is 1. The van der Waals surface area contributed by atoms with Crippen LogP contribution in [0.2, 0.25) is 0 Å². The molecule has 0 saturated carbocycles. The van der Waals surface area contributed by atoms with Gasteiger partial charge >= 0.3 is 5.69 Å². The van der Waals surface area contributed by atoms with Crippen LogP contribution >= 0.6 is 0 Å². The molecule has 3 heterocycles. The standard InChI is InChI=1S/C15H17N5O3/c1-17-11-4-2-3-5-12(11)20-14(17)16-19(15(20)22)10-13(21)18-6-8-23-9-7-18/h2-5H,6-10H2,1H3. The Labute approximate surface area is 131 Å². The Bertz CT molecular complexity index is 945. The Balaban J connectivity index is 1.74. The minimum absolute atomic E-state index is 0.0468. The number of carbonyl (C=O) groups is 1. The van der Waals surface area contributed by atoms with Gasteiger partial charge in [-0.3, -0.25) is 4.79 Å². The fraction of sp³-hybridized carbons (Fsp3) is 0.400. The number of aryl methyl sites for hydroxylation is 1. The van der Waals surface area contributed by atoms with Crippen molar-refractivity contribution in [1.82, 2.24) is 23.6 Å². The van der Waals surface area contributed by atoms with E-state index in [1.807, 2.05) is 35.9 Å². The zero-order valence-electron chi connectivity index (χ0n) is 12.8. The van der Waals surface area contributed by atoms with Crippen LogP contribution in [0.4, 0.5) is 0 Å². The predicted octanol–water partition coefficient (Wildman–Crippen LogP) is -0.154. The molecule has 8 heteroatoms. The van der Waals surface area contributed by atoms with Crippen molar-refractivity contribution in [3.63, 3.8) is 0 Å². The molecule has 0 N–H and O–H groups in total. The molecule has 8 nitrogen and oxygen atoms in total. The van der Waals surface area contributed by atoms with Crippen molar-refractivity contribution in [3.05, 3.63) is 34.7 Å². The summed E-state index contributed by atoms with van der Waals surface area (Å²) in [6.07, 6.45) is 0. The van der Waals surface area contributed by atoms with Gasteiger partial charge in [-0.05, 0) is 12.1 Å². The fourth-order valence-electron chi connectivity index (χ4n) is 3.01. The summed E-state index contributed by atoms with van der Waals surface area (Å²) in [4.78, 5) is 26.7. The number of nitrogens with zero attached hydrogens (tertiary/aromatic N) is 5. The van der Waals surface area contributed by atoms with Gasteiger partial charge in [-0.2, -0.15) is 0 Å². The quantitative estimate of drug-likeness (QED) is 0.659. The first-order chi connectivity index (χ1) is 11.2. The van der Waals surface area contributed by atoms with Crippen LogP contribution in [0.5, 0.6) is 0 Å². The van der Waals surface area contributed by atoms with E-state index in [1.165, 1.54) is 4.68 Å². The number of para-hydroxylation sites is 2. The Morgan fingerprint density at radius 2 is 1.91 bits per heavy atom. The summed E-state index contributed by atoms with van der Waals surface area (Å²) in [6, 6.07) is 7.61. The lowest BCUT2D eigenvalue weighted by Gasteiger charge is -2.26. The molecule has 0 spiro atoms. The Kier molecular flexibility index (Phi) is 3.19. The lowest BCUT2D eigenvalue weighted by atomic mass is 10.3. The van der Waals surface area contributed by atoms with Crippen LogP contribution in [-0.4, -0.2) is 55.9 Å². The van der Waals surface area contributed by atoms with Crippen LogP contribution in [0, 0.1) is 0 Å². The third kappa shape index (κ3) is 2.14. The average Bonchev–Trinajstić information content (AvgIpc) is 3.05. The highest BCUT2D eigenvalue weighted by molar-refractivity contribution is 5.80. The number of fused-ring (bicyclic) bond motifs is 3. The van der Waals surface area contributed by atoms with E-state index in [-0.39, 0.29) is 18.1 Å². The van der Waals surface area contributed by atoms with Crippen LogP contribution < -0.4 is 5.69 Å². The maximum atomic E-state index is 12.6. The number of rotatable bonds is 2. The number of amides is 1. The van der Waals surface area contributed by atoms with Gasteiger partial charge in [-0.25, -0.2) is 13.9 Å². The van der Waals surface area contributed by atoms with Crippen molar-refractivity contribution < 1.29 is 9.53 Å². The first-order valence-electron chi connectivity index (χ1n) is 7.55. The minimum Gasteiger partial charge on any atom is -0.378 e. The van der Waals surface area contributed by atoms with Crippen molar-refractivity contribution in [2.24, 2.45) is 7.05 Å². The van der Waals surface area contributed by atoms with Crippen molar-refractivity contribution >= 4 is 22.7 Å². The number of hydrogen-bond donors (Lipinski definition) is 0. The molecule has 3 aromatic rings. The highest BCUT2D eigenvalue weighted by Crippen LogP contribution is 2.16. The normalized spacial score (nSPS) is 15.6. The smallest absolute Gasteiger partial charge is 0.352 e. The molecule has 1 amide bonds. The molecular formula is C15H17N5O3. The second kappa shape index (κ2) is 5.24. The monoisotopic (exact) mass is 315 g/mol. The van der Waals surface area contributed by atoms with Crippen LogP contribution in [0.3, 0.4) is 0 Å². The number of aromatic nitrogens is 4. The SMILES string of the molecule is Cn1c2ccccc2n2c(=O)n(CC(=O)N3CCOCC3)nc12. The predicted molar refractivity (Wildman–Crippen MR) is 83.3 cm³/mol. The van der Waals surface area contributed by atoms with Crippen LogP contribution in [-0.2, 0) is 23.1 Å². The summed E-state index contributed by atoms with van der Waals surface area (Å²) < 4.78 is 9.87. The summed E-state index contributed by atoms with van der Waals surface area (Å²) in [5.74, 6) is 0.425. The molecule has 0 aliphatic carbocycles. The van der Waals surface area contributed by atoms with Crippen molar-refractivity contribution in [2.45, 2.75) is 6.54 Å². The molecule has 1 saturated heterocycles. The minimum atomic E-state index is -0.293. The maximum Gasteiger partial charge on any atom is 0.352 e. The average molecular weight is 315 g/mol. The molecule has 0 bridgehead atoms. The van der Waals surface area contributed by atoms with Gasteiger partial charge in [-0.1, -0.05) is 12.1 Å². The fourth-order valence-corrected chi connectivity index (χ4v) is 3.01. The third-order valence-corrected chi connectivity index (χ3v) is 4.26. The molecule has 1 fully saturated rings. The van der Waals surface area contributed by atoms with E-state index >= 15 is 0 Å². The molecule has 0 unspecified atom stereocenters. The summed E-state index contributed by atoms with van der Waals surface area (Å²) in [5.41, 5.74) is 1.43. The molecule has 0 radical (unpaired) electrons. The Morgan fingerprint density at radius 3 is 2.65 bits per heavy atom. The second-order valence-electron chi connectivity index (χ2n) is 5.62. The van der Waals surface area contributed by atoms with Gasteiger partial charge in [0.25, 0.3) is 0 Å². The number of hydrogen-bond acceptors (Lipinski definition) is 4.